The van der Waals surface area contributed by atoms with Gasteiger partial charge in [0.2, 0.25) is 0 Å². The number of piperidine rings is 1. The number of hydrogen-bond acceptors (Lipinski definition) is 4. The van der Waals surface area contributed by atoms with Crippen LogP contribution < -0.4 is 5.32 Å². The molecule has 1 N–H and O–H groups in total. The molecule has 21 heavy (non-hydrogen) atoms. The lowest BCUT2D eigenvalue weighted by Crippen LogP contribution is -2.42. The van der Waals surface area contributed by atoms with E-state index in [-0.39, 0.29) is 17.6 Å². The van der Waals surface area contributed by atoms with Crippen LogP contribution in [0.4, 0.5) is 11.4 Å². The molecule has 1 aromatic rings. The zero-order valence-corrected chi connectivity index (χ0v) is 12.5. The highest BCUT2D eigenvalue weighted by atomic mass is 16.6. The van der Waals surface area contributed by atoms with Crippen molar-refractivity contribution in [2.24, 2.45) is 0 Å². The molecule has 0 spiro atoms. The predicted molar refractivity (Wildman–Crippen MR) is 81.6 cm³/mol. The van der Waals surface area contributed by atoms with Gasteiger partial charge in [0.15, 0.2) is 0 Å². The summed E-state index contributed by atoms with van der Waals surface area (Å²) in [6.45, 7) is 5.13. The molecule has 2 rings (SSSR count). The van der Waals surface area contributed by atoms with Gasteiger partial charge in [-0.3, -0.25) is 14.9 Å². The first-order chi connectivity index (χ1) is 10.1. The number of anilines is 1. The summed E-state index contributed by atoms with van der Waals surface area (Å²) < 4.78 is 0. The Hall–Kier alpha value is -2.11. The number of amides is 1. The molecule has 1 saturated heterocycles. The quantitative estimate of drug-likeness (QED) is 0.683. The molecular formula is C15H21N3O3. The van der Waals surface area contributed by atoms with Crippen LogP contribution in [0.5, 0.6) is 0 Å². The van der Waals surface area contributed by atoms with E-state index >= 15 is 0 Å². The number of hydrogen-bond donors (Lipinski definition) is 1. The van der Waals surface area contributed by atoms with E-state index in [1.807, 2.05) is 18.7 Å². The third kappa shape index (κ3) is 3.15. The fourth-order valence-electron chi connectivity index (χ4n) is 2.79. The van der Waals surface area contributed by atoms with Crippen molar-refractivity contribution in [3.63, 3.8) is 0 Å². The van der Waals surface area contributed by atoms with Crippen LogP contribution in [0.1, 0.15) is 43.5 Å². The SMILES string of the molecule is CCNc1c(C(=O)N2CCCCC2C)cccc1[N+](=O)[O-]. The summed E-state index contributed by atoms with van der Waals surface area (Å²) >= 11 is 0. The van der Waals surface area contributed by atoms with Crippen molar-refractivity contribution in [3.05, 3.63) is 33.9 Å². The highest BCUT2D eigenvalue weighted by Crippen LogP contribution is 2.30. The zero-order chi connectivity index (χ0) is 15.4. The number of nitrogens with zero attached hydrogens (tertiary/aromatic N) is 2. The molecule has 0 radical (unpaired) electrons. The Morgan fingerprint density at radius 2 is 2.24 bits per heavy atom. The molecule has 1 heterocycles. The van der Waals surface area contributed by atoms with Gasteiger partial charge < -0.3 is 10.2 Å². The molecular weight excluding hydrogens is 270 g/mol. The second-order valence-electron chi connectivity index (χ2n) is 5.33. The fraction of sp³-hybridized carbons (Fsp3) is 0.533. The van der Waals surface area contributed by atoms with E-state index in [0.717, 1.165) is 19.3 Å². The molecule has 0 saturated carbocycles. The number of rotatable bonds is 4. The molecule has 0 aliphatic carbocycles. The molecule has 0 bridgehead atoms. The Morgan fingerprint density at radius 1 is 1.48 bits per heavy atom. The summed E-state index contributed by atoms with van der Waals surface area (Å²) in [5, 5.41) is 14.1. The number of likely N-dealkylation sites (tertiary alicyclic amines) is 1. The lowest BCUT2D eigenvalue weighted by atomic mass is 10.0. The Balaban J connectivity index is 2.39. The number of carbonyl (C=O) groups excluding carboxylic acids is 1. The van der Waals surface area contributed by atoms with E-state index < -0.39 is 4.92 Å². The molecule has 1 aromatic carbocycles. The molecule has 114 valence electrons. The van der Waals surface area contributed by atoms with Crippen molar-refractivity contribution in [1.82, 2.24) is 4.90 Å². The first-order valence-corrected chi connectivity index (χ1v) is 7.38. The van der Waals surface area contributed by atoms with Gasteiger partial charge in [-0.05, 0) is 39.2 Å². The molecule has 1 atom stereocenters. The molecule has 1 fully saturated rings. The zero-order valence-electron chi connectivity index (χ0n) is 12.5. The first kappa shape index (κ1) is 15.3. The summed E-state index contributed by atoms with van der Waals surface area (Å²) in [6.07, 6.45) is 3.10. The van der Waals surface area contributed by atoms with E-state index in [1.54, 1.807) is 12.1 Å². The highest BCUT2D eigenvalue weighted by molar-refractivity contribution is 6.01. The van der Waals surface area contributed by atoms with Gasteiger partial charge in [0.05, 0.1) is 10.5 Å². The predicted octanol–water partition coefficient (Wildman–Crippen LogP) is 3.04. The second-order valence-corrected chi connectivity index (χ2v) is 5.33. The maximum absolute atomic E-state index is 12.7. The van der Waals surface area contributed by atoms with Crippen molar-refractivity contribution >= 4 is 17.3 Å². The van der Waals surface area contributed by atoms with Crippen molar-refractivity contribution < 1.29 is 9.72 Å². The molecule has 0 aromatic heterocycles. The van der Waals surface area contributed by atoms with Gasteiger partial charge in [0.1, 0.15) is 5.69 Å². The number of benzene rings is 1. The Morgan fingerprint density at radius 3 is 2.86 bits per heavy atom. The van der Waals surface area contributed by atoms with E-state index in [1.165, 1.54) is 6.07 Å². The monoisotopic (exact) mass is 291 g/mol. The summed E-state index contributed by atoms with van der Waals surface area (Å²) in [5.41, 5.74) is 0.667. The normalized spacial score (nSPS) is 18.4. The number of carbonyl (C=O) groups is 1. The molecule has 1 unspecified atom stereocenters. The Labute approximate surface area is 124 Å². The van der Waals surface area contributed by atoms with Crippen LogP contribution in [-0.2, 0) is 0 Å². The lowest BCUT2D eigenvalue weighted by molar-refractivity contribution is -0.384. The third-order valence-electron chi connectivity index (χ3n) is 3.89. The minimum absolute atomic E-state index is 0.0487. The maximum atomic E-state index is 12.7. The van der Waals surface area contributed by atoms with Crippen LogP contribution in [0.3, 0.4) is 0 Å². The van der Waals surface area contributed by atoms with Crippen molar-refractivity contribution in [1.29, 1.82) is 0 Å². The summed E-state index contributed by atoms with van der Waals surface area (Å²) in [5.74, 6) is -0.123. The first-order valence-electron chi connectivity index (χ1n) is 7.38. The van der Waals surface area contributed by atoms with Crippen molar-refractivity contribution in [3.8, 4) is 0 Å². The molecule has 1 amide bonds. The van der Waals surface area contributed by atoms with Crippen LogP contribution in [0, 0.1) is 10.1 Å². The Bertz CT molecular complexity index is 545. The topological polar surface area (TPSA) is 75.5 Å². The van der Waals surface area contributed by atoms with Gasteiger partial charge in [-0.25, -0.2) is 0 Å². The van der Waals surface area contributed by atoms with Crippen molar-refractivity contribution in [2.45, 2.75) is 39.2 Å². The molecule has 6 nitrogen and oxygen atoms in total. The number of nitrogens with one attached hydrogen (secondary N) is 1. The fourth-order valence-corrected chi connectivity index (χ4v) is 2.79. The summed E-state index contributed by atoms with van der Waals surface area (Å²) in [7, 11) is 0. The van der Waals surface area contributed by atoms with Gasteiger partial charge in [0.25, 0.3) is 11.6 Å². The van der Waals surface area contributed by atoms with Crippen molar-refractivity contribution in [2.75, 3.05) is 18.4 Å². The van der Waals surface area contributed by atoms with E-state index in [4.69, 9.17) is 0 Å². The van der Waals surface area contributed by atoms with Crippen LogP contribution in [0.2, 0.25) is 0 Å². The van der Waals surface area contributed by atoms with Gasteiger partial charge >= 0.3 is 0 Å². The molecule has 1 aliphatic rings. The standard InChI is InChI=1S/C15H21N3O3/c1-3-16-14-12(8-6-9-13(14)18(20)21)15(19)17-10-5-4-7-11(17)2/h6,8-9,11,16H,3-5,7,10H2,1-2H3. The minimum atomic E-state index is -0.450. The average Bonchev–Trinajstić information content (AvgIpc) is 2.47. The summed E-state index contributed by atoms with van der Waals surface area (Å²) in [4.78, 5) is 25.3. The van der Waals surface area contributed by atoms with Crippen LogP contribution >= 0.6 is 0 Å². The summed E-state index contributed by atoms with van der Waals surface area (Å²) in [6, 6.07) is 4.84. The number of nitro benzene ring substituents is 1. The van der Waals surface area contributed by atoms with Gasteiger partial charge in [0, 0.05) is 25.2 Å². The van der Waals surface area contributed by atoms with Gasteiger partial charge in [-0.2, -0.15) is 0 Å². The van der Waals surface area contributed by atoms with E-state index in [0.29, 0.717) is 24.3 Å². The van der Waals surface area contributed by atoms with Crippen LogP contribution in [0.25, 0.3) is 0 Å². The highest BCUT2D eigenvalue weighted by Gasteiger charge is 2.28. The van der Waals surface area contributed by atoms with E-state index in [9.17, 15) is 14.9 Å². The number of para-hydroxylation sites is 1. The lowest BCUT2D eigenvalue weighted by Gasteiger charge is -2.33. The average molecular weight is 291 g/mol. The van der Waals surface area contributed by atoms with Gasteiger partial charge in [-0.15, -0.1) is 0 Å². The molecule has 6 heteroatoms. The minimum Gasteiger partial charge on any atom is -0.379 e. The van der Waals surface area contributed by atoms with Gasteiger partial charge in [-0.1, -0.05) is 6.07 Å². The molecule has 1 aliphatic heterocycles. The largest absolute Gasteiger partial charge is 0.379 e. The van der Waals surface area contributed by atoms with E-state index in [2.05, 4.69) is 5.32 Å². The van der Waals surface area contributed by atoms with Crippen LogP contribution in [0.15, 0.2) is 18.2 Å². The third-order valence-corrected chi connectivity index (χ3v) is 3.89. The van der Waals surface area contributed by atoms with Crippen LogP contribution in [-0.4, -0.2) is 34.9 Å². The maximum Gasteiger partial charge on any atom is 0.293 e. The smallest absolute Gasteiger partial charge is 0.293 e. The second kappa shape index (κ2) is 6.56. The number of nitro groups is 1. The Kier molecular flexibility index (Phi) is 4.77.